The summed E-state index contributed by atoms with van der Waals surface area (Å²) in [6.45, 7) is 5.88. The van der Waals surface area contributed by atoms with Gasteiger partial charge in [0, 0.05) is 12.8 Å². The Hall–Kier alpha value is -1.77. The van der Waals surface area contributed by atoms with Gasteiger partial charge in [0.15, 0.2) is 0 Å². The summed E-state index contributed by atoms with van der Waals surface area (Å²) < 4.78 is 10.2. The maximum Gasteiger partial charge on any atom is 0.302 e. The Balaban J connectivity index is 2.03. The number of carbonyl (C=O) groups is 1. The van der Waals surface area contributed by atoms with Gasteiger partial charge in [0.05, 0.1) is 13.7 Å². The molecule has 0 saturated heterocycles. The van der Waals surface area contributed by atoms with Crippen LogP contribution >= 0.6 is 0 Å². The molecule has 0 bridgehead atoms. The summed E-state index contributed by atoms with van der Waals surface area (Å²) in [5, 5.41) is 0. The zero-order chi connectivity index (χ0) is 13.1. The summed E-state index contributed by atoms with van der Waals surface area (Å²) in [5.41, 5.74) is 2.41. The molecule has 1 fully saturated rings. The second-order valence-corrected chi connectivity index (χ2v) is 4.65. The molecule has 3 heteroatoms. The van der Waals surface area contributed by atoms with E-state index in [4.69, 9.17) is 9.47 Å². The Bertz CT molecular complexity index is 447. The van der Waals surface area contributed by atoms with Crippen LogP contribution in [0.5, 0.6) is 5.75 Å². The molecular formula is C15H18O3. The Morgan fingerprint density at radius 1 is 1.39 bits per heavy atom. The van der Waals surface area contributed by atoms with Crippen molar-refractivity contribution < 1.29 is 14.3 Å². The highest BCUT2D eigenvalue weighted by molar-refractivity contribution is 5.66. The highest BCUT2D eigenvalue weighted by atomic mass is 16.5. The Morgan fingerprint density at radius 3 is 2.56 bits per heavy atom. The molecule has 18 heavy (non-hydrogen) atoms. The van der Waals surface area contributed by atoms with Crippen LogP contribution in [-0.2, 0) is 9.53 Å². The van der Waals surface area contributed by atoms with Crippen molar-refractivity contribution >= 4 is 5.97 Å². The van der Waals surface area contributed by atoms with Crippen LogP contribution in [0.2, 0.25) is 0 Å². The predicted octanol–water partition coefficient (Wildman–Crippen LogP) is 2.92. The van der Waals surface area contributed by atoms with Crippen molar-refractivity contribution in [1.82, 2.24) is 0 Å². The lowest BCUT2D eigenvalue weighted by atomic mass is 9.67. The lowest BCUT2D eigenvalue weighted by Crippen LogP contribution is -2.31. The Labute approximate surface area is 107 Å². The van der Waals surface area contributed by atoms with Crippen molar-refractivity contribution in [2.75, 3.05) is 13.7 Å². The van der Waals surface area contributed by atoms with E-state index in [2.05, 4.69) is 18.7 Å². The molecule has 0 radical (unpaired) electrons. The van der Waals surface area contributed by atoms with Gasteiger partial charge >= 0.3 is 5.97 Å². The number of ether oxygens (including phenoxy) is 2. The first-order valence-corrected chi connectivity index (χ1v) is 6.06. The minimum Gasteiger partial charge on any atom is -0.497 e. The third-order valence-corrected chi connectivity index (χ3v) is 3.50. The number of benzene rings is 1. The van der Waals surface area contributed by atoms with Gasteiger partial charge in [-0.3, -0.25) is 4.79 Å². The fourth-order valence-electron chi connectivity index (χ4n) is 2.34. The molecular weight excluding hydrogens is 228 g/mol. The van der Waals surface area contributed by atoms with Gasteiger partial charge in [-0.05, 0) is 30.0 Å². The van der Waals surface area contributed by atoms with Gasteiger partial charge in [0.2, 0.25) is 0 Å². The quantitative estimate of drug-likeness (QED) is 0.605. The third-order valence-electron chi connectivity index (χ3n) is 3.50. The van der Waals surface area contributed by atoms with Crippen molar-refractivity contribution in [1.29, 1.82) is 0 Å². The first kappa shape index (κ1) is 12.7. The lowest BCUT2D eigenvalue weighted by Gasteiger charge is -2.39. The maximum atomic E-state index is 10.9. The molecule has 1 aliphatic carbocycles. The van der Waals surface area contributed by atoms with Crippen molar-refractivity contribution in [3.05, 3.63) is 42.0 Å². The van der Waals surface area contributed by atoms with Gasteiger partial charge in [-0.15, -0.1) is 0 Å². The van der Waals surface area contributed by atoms with E-state index >= 15 is 0 Å². The largest absolute Gasteiger partial charge is 0.497 e. The summed E-state index contributed by atoms with van der Waals surface area (Å²) in [6.07, 6.45) is 0.970. The zero-order valence-corrected chi connectivity index (χ0v) is 10.8. The minimum atomic E-state index is -0.233. The van der Waals surface area contributed by atoms with Crippen molar-refractivity contribution in [3.8, 4) is 5.75 Å². The molecule has 0 unspecified atom stereocenters. The highest BCUT2D eigenvalue weighted by Gasteiger charge is 2.36. The van der Waals surface area contributed by atoms with Crippen LogP contribution in [0.25, 0.3) is 0 Å². The molecule has 0 spiro atoms. The fourth-order valence-corrected chi connectivity index (χ4v) is 2.34. The first-order valence-electron chi connectivity index (χ1n) is 6.06. The van der Waals surface area contributed by atoms with E-state index < -0.39 is 0 Å². The van der Waals surface area contributed by atoms with Gasteiger partial charge < -0.3 is 9.47 Å². The van der Waals surface area contributed by atoms with E-state index in [0.717, 1.165) is 17.7 Å². The second kappa shape index (κ2) is 5.25. The summed E-state index contributed by atoms with van der Waals surface area (Å²) in [5.74, 6) is 1.28. The molecule has 0 amide bonds. The van der Waals surface area contributed by atoms with Gasteiger partial charge in [0.25, 0.3) is 0 Å². The molecule has 0 N–H and O–H groups in total. The molecule has 0 aromatic heterocycles. The number of hydrogen-bond donors (Lipinski definition) is 0. The molecule has 2 rings (SSSR count). The summed E-state index contributed by atoms with van der Waals surface area (Å²) >= 11 is 0. The molecule has 96 valence electrons. The molecule has 0 heterocycles. The van der Waals surface area contributed by atoms with Crippen LogP contribution in [0.15, 0.2) is 36.4 Å². The molecule has 1 saturated carbocycles. The van der Waals surface area contributed by atoms with Crippen LogP contribution in [0.1, 0.15) is 24.8 Å². The SMILES string of the molecule is C=C1C[C@H](c2ccc(OC)cc2)[C@H]1COC(C)=O. The van der Waals surface area contributed by atoms with E-state index in [1.807, 2.05) is 12.1 Å². The van der Waals surface area contributed by atoms with Gasteiger partial charge in [0.1, 0.15) is 5.75 Å². The van der Waals surface area contributed by atoms with Crippen molar-refractivity contribution in [2.24, 2.45) is 5.92 Å². The monoisotopic (exact) mass is 246 g/mol. The molecule has 1 aromatic carbocycles. The summed E-state index contributed by atoms with van der Waals surface area (Å²) in [6, 6.07) is 8.05. The van der Waals surface area contributed by atoms with Crippen LogP contribution in [0.4, 0.5) is 0 Å². The molecule has 0 aliphatic heterocycles. The van der Waals surface area contributed by atoms with E-state index in [1.165, 1.54) is 12.5 Å². The number of carbonyl (C=O) groups excluding carboxylic acids is 1. The third kappa shape index (κ3) is 2.55. The Morgan fingerprint density at radius 2 is 2.06 bits per heavy atom. The van der Waals surface area contributed by atoms with E-state index in [-0.39, 0.29) is 11.9 Å². The van der Waals surface area contributed by atoms with Crippen molar-refractivity contribution in [2.45, 2.75) is 19.3 Å². The fraction of sp³-hybridized carbons (Fsp3) is 0.400. The number of hydrogen-bond acceptors (Lipinski definition) is 3. The summed E-state index contributed by atoms with van der Waals surface area (Å²) in [7, 11) is 1.66. The van der Waals surface area contributed by atoms with Crippen LogP contribution in [0, 0.1) is 5.92 Å². The Kier molecular flexibility index (Phi) is 3.70. The topological polar surface area (TPSA) is 35.5 Å². The van der Waals surface area contributed by atoms with Crippen LogP contribution in [0.3, 0.4) is 0 Å². The van der Waals surface area contributed by atoms with Crippen molar-refractivity contribution in [3.63, 3.8) is 0 Å². The molecule has 2 atom stereocenters. The first-order chi connectivity index (χ1) is 8.61. The second-order valence-electron chi connectivity index (χ2n) is 4.65. The van der Waals surface area contributed by atoms with E-state index in [1.54, 1.807) is 7.11 Å². The van der Waals surface area contributed by atoms with Gasteiger partial charge in [-0.2, -0.15) is 0 Å². The predicted molar refractivity (Wildman–Crippen MR) is 69.6 cm³/mol. The van der Waals surface area contributed by atoms with Gasteiger partial charge in [-0.25, -0.2) is 0 Å². The molecule has 1 aliphatic rings. The normalized spacial score (nSPS) is 22.2. The number of esters is 1. The lowest BCUT2D eigenvalue weighted by molar-refractivity contribution is -0.142. The highest BCUT2D eigenvalue weighted by Crippen LogP contribution is 2.46. The molecule has 1 aromatic rings. The van der Waals surface area contributed by atoms with Gasteiger partial charge in [-0.1, -0.05) is 24.3 Å². The number of methoxy groups -OCH3 is 1. The maximum absolute atomic E-state index is 10.9. The minimum absolute atomic E-state index is 0.233. The zero-order valence-electron chi connectivity index (χ0n) is 10.8. The molecule has 3 nitrogen and oxygen atoms in total. The number of rotatable bonds is 4. The van der Waals surface area contributed by atoms with E-state index in [0.29, 0.717) is 12.5 Å². The average Bonchev–Trinajstić information content (AvgIpc) is 2.36. The van der Waals surface area contributed by atoms with E-state index in [9.17, 15) is 4.79 Å². The van der Waals surface area contributed by atoms with Crippen LogP contribution < -0.4 is 4.74 Å². The summed E-state index contributed by atoms with van der Waals surface area (Å²) in [4.78, 5) is 10.9. The van der Waals surface area contributed by atoms with Crippen LogP contribution in [-0.4, -0.2) is 19.7 Å². The standard InChI is InChI=1S/C15H18O3/c1-10-8-14(15(10)9-18-11(2)16)12-4-6-13(17-3)7-5-12/h4-7,14-15H,1,8-9H2,2-3H3/t14-,15+/m1/s1. The average molecular weight is 246 g/mol. The smallest absolute Gasteiger partial charge is 0.302 e.